The lowest BCUT2D eigenvalue weighted by atomic mass is 10.1. The summed E-state index contributed by atoms with van der Waals surface area (Å²) in [5.41, 5.74) is 2.22. The normalized spacial score (nSPS) is 15.4. The molecule has 1 amide bonds. The number of hydrogen-bond donors (Lipinski definition) is 0. The number of hydrogen-bond acceptors (Lipinski definition) is 5. The first kappa shape index (κ1) is 22.6. The number of ketones is 1. The molecule has 7 heteroatoms. The van der Waals surface area contributed by atoms with Crippen molar-refractivity contribution in [3.05, 3.63) is 88.9 Å². The summed E-state index contributed by atoms with van der Waals surface area (Å²) in [6.45, 7) is 1.83. The van der Waals surface area contributed by atoms with Crippen LogP contribution in [0.25, 0.3) is 0 Å². The average molecular weight is 464 g/mol. The van der Waals surface area contributed by atoms with Gasteiger partial charge in [-0.3, -0.25) is 14.4 Å². The van der Waals surface area contributed by atoms with E-state index in [9.17, 15) is 14.4 Å². The summed E-state index contributed by atoms with van der Waals surface area (Å²) in [4.78, 5) is 38.7. The van der Waals surface area contributed by atoms with E-state index in [-0.39, 0.29) is 31.3 Å². The van der Waals surface area contributed by atoms with Crippen molar-refractivity contribution in [3.63, 3.8) is 0 Å². The van der Waals surface area contributed by atoms with E-state index >= 15 is 0 Å². The summed E-state index contributed by atoms with van der Waals surface area (Å²) in [6, 6.07) is 21.2. The molecule has 33 heavy (non-hydrogen) atoms. The fraction of sp³-hybridized carbons (Fsp3) is 0.192. The van der Waals surface area contributed by atoms with Crippen LogP contribution in [0.3, 0.4) is 0 Å². The van der Waals surface area contributed by atoms with Gasteiger partial charge in [-0.1, -0.05) is 29.3 Å². The number of aryl methyl sites for hydroxylation is 1. The highest BCUT2D eigenvalue weighted by molar-refractivity contribution is 6.30. The van der Waals surface area contributed by atoms with Crippen molar-refractivity contribution in [2.75, 3.05) is 18.1 Å². The van der Waals surface area contributed by atoms with E-state index in [1.807, 2.05) is 31.2 Å². The number of nitrogens with zero attached hydrogens (tertiary/aromatic N) is 1. The Kier molecular flexibility index (Phi) is 6.75. The zero-order valence-electron chi connectivity index (χ0n) is 18.0. The summed E-state index contributed by atoms with van der Waals surface area (Å²) in [7, 11) is 0. The van der Waals surface area contributed by atoms with Crippen molar-refractivity contribution < 1.29 is 23.9 Å². The predicted octanol–water partition coefficient (Wildman–Crippen LogP) is 5.22. The van der Waals surface area contributed by atoms with Gasteiger partial charge in [0, 0.05) is 29.2 Å². The van der Waals surface area contributed by atoms with E-state index in [1.54, 1.807) is 53.4 Å². The molecular weight excluding hydrogens is 442 g/mol. The number of amides is 1. The molecule has 1 aliphatic rings. The Bertz CT molecular complexity index is 1160. The minimum absolute atomic E-state index is 0.0373. The van der Waals surface area contributed by atoms with Crippen molar-refractivity contribution in [1.82, 2.24) is 0 Å². The van der Waals surface area contributed by atoms with Crippen LogP contribution in [0.2, 0.25) is 5.02 Å². The van der Waals surface area contributed by atoms with Crippen LogP contribution < -0.4 is 9.64 Å². The SMILES string of the molecule is Cc1ccc(Oc2ccc(N3C[C@H](C(=O)OCC(=O)c4ccc(Cl)cc4)CC3=O)cc2)cc1. The van der Waals surface area contributed by atoms with Gasteiger partial charge in [-0.05, 0) is 67.6 Å². The zero-order valence-corrected chi connectivity index (χ0v) is 18.7. The number of carbonyl (C=O) groups excluding carboxylic acids is 3. The van der Waals surface area contributed by atoms with E-state index in [2.05, 4.69) is 0 Å². The Labute approximate surface area is 196 Å². The van der Waals surface area contributed by atoms with Gasteiger partial charge in [0.25, 0.3) is 0 Å². The summed E-state index contributed by atoms with van der Waals surface area (Å²) < 4.78 is 11.0. The van der Waals surface area contributed by atoms with Gasteiger partial charge in [0.1, 0.15) is 11.5 Å². The van der Waals surface area contributed by atoms with Crippen LogP contribution in [0.1, 0.15) is 22.3 Å². The molecule has 1 fully saturated rings. The van der Waals surface area contributed by atoms with E-state index < -0.39 is 11.9 Å². The monoisotopic (exact) mass is 463 g/mol. The largest absolute Gasteiger partial charge is 0.457 e. The van der Waals surface area contributed by atoms with Gasteiger partial charge in [-0.2, -0.15) is 0 Å². The lowest BCUT2D eigenvalue weighted by Gasteiger charge is -2.17. The number of benzene rings is 3. The van der Waals surface area contributed by atoms with Gasteiger partial charge in [-0.15, -0.1) is 0 Å². The van der Waals surface area contributed by atoms with Gasteiger partial charge in [0.15, 0.2) is 12.4 Å². The molecule has 3 aromatic rings. The van der Waals surface area contributed by atoms with Crippen molar-refractivity contribution in [2.24, 2.45) is 5.92 Å². The van der Waals surface area contributed by atoms with Crippen LogP contribution in [0.15, 0.2) is 72.8 Å². The van der Waals surface area contributed by atoms with Crippen molar-refractivity contribution in [2.45, 2.75) is 13.3 Å². The highest BCUT2D eigenvalue weighted by atomic mass is 35.5. The Hall–Kier alpha value is -3.64. The quantitative estimate of drug-likeness (QED) is 0.355. The molecule has 0 aromatic heterocycles. The molecule has 4 rings (SSSR count). The van der Waals surface area contributed by atoms with Crippen LogP contribution in [-0.2, 0) is 14.3 Å². The highest BCUT2D eigenvalue weighted by Crippen LogP contribution is 2.29. The van der Waals surface area contributed by atoms with E-state index in [1.165, 1.54) is 0 Å². The van der Waals surface area contributed by atoms with E-state index in [0.29, 0.717) is 22.0 Å². The van der Waals surface area contributed by atoms with Crippen molar-refractivity contribution in [1.29, 1.82) is 0 Å². The smallest absolute Gasteiger partial charge is 0.311 e. The van der Waals surface area contributed by atoms with Gasteiger partial charge in [0.05, 0.1) is 5.92 Å². The fourth-order valence-corrected chi connectivity index (χ4v) is 3.65. The molecule has 0 unspecified atom stereocenters. The first-order valence-electron chi connectivity index (χ1n) is 10.5. The molecule has 3 aromatic carbocycles. The number of rotatable bonds is 7. The van der Waals surface area contributed by atoms with Crippen molar-refractivity contribution in [3.8, 4) is 11.5 Å². The molecule has 0 radical (unpaired) electrons. The second-order valence-corrected chi connectivity index (χ2v) is 8.29. The molecule has 0 aliphatic carbocycles. The number of anilines is 1. The van der Waals surface area contributed by atoms with Crippen LogP contribution in [0.5, 0.6) is 11.5 Å². The Morgan fingerprint density at radius 1 is 0.939 bits per heavy atom. The third kappa shape index (κ3) is 5.59. The maximum atomic E-state index is 12.5. The highest BCUT2D eigenvalue weighted by Gasteiger charge is 2.36. The number of Topliss-reactive ketones (excluding diaryl/α,β-unsaturated/α-hetero) is 1. The van der Waals surface area contributed by atoms with Gasteiger partial charge < -0.3 is 14.4 Å². The second kappa shape index (κ2) is 9.88. The number of halogens is 1. The zero-order chi connectivity index (χ0) is 23.4. The molecular formula is C26H22ClNO5. The Morgan fingerprint density at radius 3 is 2.18 bits per heavy atom. The summed E-state index contributed by atoms with van der Waals surface area (Å²) in [6.07, 6.45) is 0.0373. The predicted molar refractivity (Wildman–Crippen MR) is 125 cm³/mol. The molecule has 1 heterocycles. The molecule has 1 aliphatic heterocycles. The van der Waals surface area contributed by atoms with Gasteiger partial charge in [-0.25, -0.2) is 0 Å². The van der Waals surface area contributed by atoms with Crippen molar-refractivity contribution >= 4 is 34.9 Å². The van der Waals surface area contributed by atoms with Gasteiger partial charge >= 0.3 is 5.97 Å². The number of ether oxygens (including phenoxy) is 2. The number of carbonyl (C=O) groups is 3. The van der Waals surface area contributed by atoms with Crippen LogP contribution in [0.4, 0.5) is 5.69 Å². The minimum atomic E-state index is -0.626. The van der Waals surface area contributed by atoms with Crippen LogP contribution >= 0.6 is 11.6 Å². The Balaban J connectivity index is 1.32. The second-order valence-electron chi connectivity index (χ2n) is 7.85. The Morgan fingerprint density at radius 2 is 1.55 bits per heavy atom. The molecule has 0 bridgehead atoms. The van der Waals surface area contributed by atoms with Crippen LogP contribution in [-0.4, -0.2) is 30.8 Å². The molecule has 0 saturated carbocycles. The third-order valence-corrected chi connectivity index (χ3v) is 5.63. The summed E-state index contributed by atoms with van der Waals surface area (Å²) in [5, 5.41) is 0.517. The summed E-state index contributed by atoms with van der Waals surface area (Å²) >= 11 is 5.82. The van der Waals surface area contributed by atoms with E-state index in [4.69, 9.17) is 21.1 Å². The maximum Gasteiger partial charge on any atom is 0.311 e. The fourth-order valence-electron chi connectivity index (χ4n) is 3.53. The lowest BCUT2D eigenvalue weighted by Crippen LogP contribution is -2.27. The first-order valence-corrected chi connectivity index (χ1v) is 10.9. The molecule has 1 atom stereocenters. The number of esters is 1. The van der Waals surface area contributed by atoms with Gasteiger partial charge in [0.2, 0.25) is 5.91 Å². The molecule has 0 N–H and O–H groups in total. The molecule has 168 valence electrons. The minimum Gasteiger partial charge on any atom is -0.457 e. The third-order valence-electron chi connectivity index (χ3n) is 5.38. The molecule has 1 saturated heterocycles. The standard InChI is InChI=1S/C26H22ClNO5/c1-17-2-10-22(11-3-17)33-23-12-8-21(9-13-23)28-15-19(14-25(28)30)26(31)32-16-24(29)18-4-6-20(27)7-5-18/h2-13,19H,14-16H2,1H3/t19-/m1/s1. The maximum absolute atomic E-state index is 12.5. The summed E-state index contributed by atoms with van der Waals surface area (Å²) in [5.74, 6) is -0.322. The topological polar surface area (TPSA) is 72.9 Å². The first-order chi connectivity index (χ1) is 15.9. The van der Waals surface area contributed by atoms with E-state index in [0.717, 1.165) is 11.3 Å². The van der Waals surface area contributed by atoms with Crippen LogP contribution in [0, 0.1) is 12.8 Å². The molecule has 0 spiro atoms. The average Bonchev–Trinajstić information content (AvgIpc) is 3.21. The lowest BCUT2D eigenvalue weighted by molar-refractivity contribution is -0.147. The molecule has 6 nitrogen and oxygen atoms in total.